The van der Waals surface area contributed by atoms with Gasteiger partial charge < -0.3 is 14.6 Å². The van der Waals surface area contributed by atoms with E-state index in [-0.39, 0.29) is 18.2 Å². The van der Waals surface area contributed by atoms with E-state index in [1.807, 2.05) is 57.2 Å². The summed E-state index contributed by atoms with van der Waals surface area (Å²) in [7, 11) is 0. The van der Waals surface area contributed by atoms with Crippen molar-refractivity contribution in [3.8, 4) is 5.75 Å². The highest BCUT2D eigenvalue weighted by atomic mass is 16.5. The molecule has 134 valence electrons. The maximum absolute atomic E-state index is 12.6. The van der Waals surface area contributed by atoms with E-state index in [9.17, 15) is 4.79 Å². The number of rotatable bonds is 5. The first-order valence-electron chi connectivity index (χ1n) is 8.47. The predicted octanol–water partition coefficient (Wildman–Crippen LogP) is 4.74. The molecule has 1 aromatic heterocycles. The SMILES string of the molecule is Cc1cccc(NC(=O)c2noc(C)c2COc2ccc(C)cc2C)c1. The zero-order valence-corrected chi connectivity index (χ0v) is 15.4. The Bertz CT molecular complexity index is 944. The molecule has 1 N–H and O–H groups in total. The van der Waals surface area contributed by atoms with Crippen molar-refractivity contribution in [1.82, 2.24) is 5.16 Å². The van der Waals surface area contributed by atoms with Crippen LogP contribution in [0.25, 0.3) is 0 Å². The van der Waals surface area contributed by atoms with Crippen LogP contribution < -0.4 is 10.1 Å². The van der Waals surface area contributed by atoms with Crippen molar-refractivity contribution in [1.29, 1.82) is 0 Å². The Morgan fingerprint density at radius 1 is 1.08 bits per heavy atom. The molecular weight excluding hydrogens is 328 g/mol. The molecule has 1 amide bonds. The molecule has 3 aromatic rings. The van der Waals surface area contributed by atoms with Crippen LogP contribution in [0.3, 0.4) is 0 Å². The normalized spacial score (nSPS) is 10.6. The van der Waals surface area contributed by atoms with Crippen LogP contribution in [0.5, 0.6) is 5.75 Å². The van der Waals surface area contributed by atoms with Gasteiger partial charge in [-0.15, -0.1) is 0 Å². The van der Waals surface area contributed by atoms with Gasteiger partial charge in [0.2, 0.25) is 0 Å². The Morgan fingerprint density at radius 2 is 1.85 bits per heavy atom. The Labute approximate surface area is 153 Å². The Kier molecular flexibility index (Phi) is 5.07. The number of aromatic nitrogens is 1. The monoisotopic (exact) mass is 350 g/mol. The number of carbonyl (C=O) groups is 1. The highest BCUT2D eigenvalue weighted by molar-refractivity contribution is 6.03. The molecule has 0 aliphatic rings. The van der Waals surface area contributed by atoms with Crippen molar-refractivity contribution in [2.45, 2.75) is 34.3 Å². The molecule has 0 saturated carbocycles. The van der Waals surface area contributed by atoms with E-state index in [0.29, 0.717) is 11.3 Å². The molecule has 0 fully saturated rings. The standard InChI is InChI=1S/C21H22N2O3/c1-13-6-5-7-17(11-13)22-21(24)20-18(16(4)26-23-20)12-25-19-9-8-14(2)10-15(19)3/h5-11H,12H2,1-4H3,(H,22,24). The van der Waals surface area contributed by atoms with Crippen molar-refractivity contribution in [3.63, 3.8) is 0 Å². The summed E-state index contributed by atoms with van der Waals surface area (Å²) >= 11 is 0. The smallest absolute Gasteiger partial charge is 0.278 e. The van der Waals surface area contributed by atoms with Gasteiger partial charge in [-0.25, -0.2) is 0 Å². The van der Waals surface area contributed by atoms with E-state index in [2.05, 4.69) is 16.5 Å². The number of nitrogens with zero attached hydrogens (tertiary/aromatic N) is 1. The van der Waals surface area contributed by atoms with Crippen LogP contribution in [-0.4, -0.2) is 11.1 Å². The summed E-state index contributed by atoms with van der Waals surface area (Å²) in [5.41, 5.74) is 4.90. The average molecular weight is 350 g/mol. The summed E-state index contributed by atoms with van der Waals surface area (Å²) in [5, 5.41) is 6.77. The highest BCUT2D eigenvalue weighted by Crippen LogP contribution is 2.23. The minimum Gasteiger partial charge on any atom is -0.488 e. The minimum atomic E-state index is -0.313. The molecular formula is C21H22N2O3. The summed E-state index contributed by atoms with van der Waals surface area (Å²) in [6.07, 6.45) is 0. The fourth-order valence-electron chi connectivity index (χ4n) is 2.76. The lowest BCUT2D eigenvalue weighted by atomic mass is 10.1. The fourth-order valence-corrected chi connectivity index (χ4v) is 2.76. The third-order valence-electron chi connectivity index (χ3n) is 4.18. The molecule has 1 heterocycles. The van der Waals surface area contributed by atoms with Crippen LogP contribution in [0.4, 0.5) is 5.69 Å². The van der Waals surface area contributed by atoms with E-state index < -0.39 is 0 Å². The molecule has 3 rings (SSSR count). The van der Waals surface area contributed by atoms with E-state index in [0.717, 1.165) is 22.6 Å². The topological polar surface area (TPSA) is 64.4 Å². The first-order valence-corrected chi connectivity index (χ1v) is 8.47. The molecule has 0 aliphatic carbocycles. The number of amides is 1. The van der Waals surface area contributed by atoms with Crippen LogP contribution in [0.2, 0.25) is 0 Å². The van der Waals surface area contributed by atoms with Gasteiger partial charge in [-0.2, -0.15) is 0 Å². The van der Waals surface area contributed by atoms with Crippen LogP contribution >= 0.6 is 0 Å². The van der Waals surface area contributed by atoms with Crippen molar-refractivity contribution in [2.24, 2.45) is 0 Å². The quantitative estimate of drug-likeness (QED) is 0.722. The van der Waals surface area contributed by atoms with Gasteiger partial charge in [-0.3, -0.25) is 4.79 Å². The van der Waals surface area contributed by atoms with E-state index in [1.54, 1.807) is 6.92 Å². The van der Waals surface area contributed by atoms with Gasteiger partial charge in [-0.1, -0.05) is 35.0 Å². The first kappa shape index (κ1) is 17.7. The van der Waals surface area contributed by atoms with Crippen LogP contribution in [-0.2, 0) is 6.61 Å². The fraction of sp³-hybridized carbons (Fsp3) is 0.238. The molecule has 26 heavy (non-hydrogen) atoms. The van der Waals surface area contributed by atoms with Gasteiger partial charge in [0.05, 0.1) is 5.56 Å². The molecule has 0 radical (unpaired) electrons. The van der Waals surface area contributed by atoms with Gasteiger partial charge in [-0.05, 0) is 57.0 Å². The molecule has 0 aliphatic heterocycles. The van der Waals surface area contributed by atoms with E-state index in [4.69, 9.17) is 9.26 Å². The number of anilines is 1. The maximum Gasteiger partial charge on any atom is 0.278 e. The number of benzene rings is 2. The summed E-state index contributed by atoms with van der Waals surface area (Å²) in [6.45, 7) is 7.99. The highest BCUT2D eigenvalue weighted by Gasteiger charge is 2.20. The molecule has 2 aromatic carbocycles. The molecule has 0 atom stereocenters. The molecule has 0 spiro atoms. The number of aryl methyl sites for hydroxylation is 4. The second-order valence-electron chi connectivity index (χ2n) is 6.45. The summed E-state index contributed by atoms with van der Waals surface area (Å²) in [4.78, 5) is 12.6. The number of hydrogen-bond donors (Lipinski definition) is 1. The van der Waals surface area contributed by atoms with Crippen molar-refractivity contribution < 1.29 is 14.1 Å². The molecule has 5 nitrogen and oxygen atoms in total. The Morgan fingerprint density at radius 3 is 2.58 bits per heavy atom. The maximum atomic E-state index is 12.6. The summed E-state index contributed by atoms with van der Waals surface area (Å²) in [5.74, 6) is 1.04. The van der Waals surface area contributed by atoms with Crippen LogP contribution in [0, 0.1) is 27.7 Å². The van der Waals surface area contributed by atoms with Gasteiger partial charge >= 0.3 is 0 Å². The molecule has 0 bridgehead atoms. The van der Waals surface area contributed by atoms with Crippen LogP contribution in [0.1, 0.15) is 38.5 Å². The number of hydrogen-bond acceptors (Lipinski definition) is 4. The Hall–Kier alpha value is -3.08. The predicted molar refractivity (Wildman–Crippen MR) is 101 cm³/mol. The molecule has 0 saturated heterocycles. The summed E-state index contributed by atoms with van der Waals surface area (Å²) < 4.78 is 11.1. The van der Waals surface area contributed by atoms with Gasteiger partial charge in [0, 0.05) is 5.69 Å². The third-order valence-corrected chi connectivity index (χ3v) is 4.18. The number of carbonyl (C=O) groups excluding carboxylic acids is 1. The van der Waals surface area contributed by atoms with Gasteiger partial charge in [0.15, 0.2) is 5.69 Å². The second-order valence-corrected chi connectivity index (χ2v) is 6.45. The average Bonchev–Trinajstić information content (AvgIpc) is 2.95. The van der Waals surface area contributed by atoms with Crippen molar-refractivity contribution in [3.05, 3.63) is 76.2 Å². The molecule has 0 unspecified atom stereocenters. The lowest BCUT2D eigenvalue weighted by molar-refractivity contribution is 0.101. The lowest BCUT2D eigenvalue weighted by Crippen LogP contribution is -2.15. The van der Waals surface area contributed by atoms with Crippen molar-refractivity contribution >= 4 is 11.6 Å². The number of ether oxygens (including phenoxy) is 1. The van der Waals surface area contributed by atoms with Crippen molar-refractivity contribution in [2.75, 3.05) is 5.32 Å². The zero-order chi connectivity index (χ0) is 18.7. The second kappa shape index (κ2) is 7.44. The Balaban J connectivity index is 1.76. The summed E-state index contributed by atoms with van der Waals surface area (Å²) in [6, 6.07) is 13.6. The first-order chi connectivity index (χ1) is 12.4. The zero-order valence-electron chi connectivity index (χ0n) is 15.4. The minimum absolute atomic E-state index is 0.218. The van der Waals surface area contributed by atoms with Crippen LogP contribution in [0.15, 0.2) is 47.0 Å². The molecule has 5 heteroatoms. The number of nitrogens with one attached hydrogen (secondary N) is 1. The van der Waals surface area contributed by atoms with E-state index >= 15 is 0 Å². The lowest BCUT2D eigenvalue weighted by Gasteiger charge is -2.10. The van der Waals surface area contributed by atoms with Gasteiger partial charge in [0.1, 0.15) is 18.1 Å². The largest absolute Gasteiger partial charge is 0.488 e. The van der Waals surface area contributed by atoms with Gasteiger partial charge in [0.25, 0.3) is 5.91 Å². The van der Waals surface area contributed by atoms with E-state index in [1.165, 1.54) is 5.56 Å². The third kappa shape index (κ3) is 3.94.